The van der Waals surface area contributed by atoms with E-state index in [0.717, 1.165) is 13.1 Å². The minimum atomic E-state index is -3.89. The Morgan fingerprint density at radius 1 is 0.565 bits per heavy atom. The Morgan fingerprint density at radius 2 is 0.870 bits per heavy atom. The number of nitrogen functional groups attached to an aromatic ring is 3. The molecular weight excluding hydrogens is 349 g/mol. The molecule has 3 rings (SSSR count). The van der Waals surface area contributed by atoms with Crippen molar-refractivity contribution in [2.75, 3.05) is 17.2 Å². The summed E-state index contributed by atoms with van der Waals surface area (Å²) in [5.41, 5.74) is 19.5. The number of benzene rings is 3. The molecule has 5 heteroatoms. The molecule has 0 fully saturated rings. The van der Waals surface area contributed by atoms with Gasteiger partial charge in [-0.15, -0.1) is 0 Å². The number of nitrogens with two attached hydrogens (primary N) is 3. The molecular formula is C18H18AsN3O. The van der Waals surface area contributed by atoms with Gasteiger partial charge >= 0.3 is 137 Å². The van der Waals surface area contributed by atoms with Crippen LogP contribution < -0.4 is 30.3 Å². The van der Waals surface area contributed by atoms with Crippen molar-refractivity contribution in [1.29, 1.82) is 0 Å². The Bertz CT molecular complexity index is 790. The van der Waals surface area contributed by atoms with Crippen molar-refractivity contribution in [3.05, 3.63) is 72.8 Å². The van der Waals surface area contributed by atoms with Crippen LogP contribution in [0.1, 0.15) is 0 Å². The number of rotatable bonds is 3. The predicted octanol–water partition coefficient (Wildman–Crippen LogP) is 0.831. The van der Waals surface area contributed by atoms with Gasteiger partial charge in [-0.25, -0.2) is 0 Å². The summed E-state index contributed by atoms with van der Waals surface area (Å²) in [6.07, 6.45) is 0. The van der Waals surface area contributed by atoms with Crippen molar-refractivity contribution < 1.29 is 3.74 Å². The molecule has 0 bridgehead atoms. The van der Waals surface area contributed by atoms with Gasteiger partial charge in [-0.1, -0.05) is 0 Å². The summed E-state index contributed by atoms with van der Waals surface area (Å²) >= 11 is -3.89. The van der Waals surface area contributed by atoms with E-state index in [1.807, 2.05) is 36.4 Å². The topological polar surface area (TPSA) is 95.1 Å². The van der Waals surface area contributed by atoms with Crippen molar-refractivity contribution in [2.24, 2.45) is 0 Å². The molecule has 3 aromatic carbocycles. The summed E-state index contributed by atoms with van der Waals surface area (Å²) in [5, 5.41) is 0. The summed E-state index contributed by atoms with van der Waals surface area (Å²) < 4.78 is 16.3. The van der Waals surface area contributed by atoms with Crippen LogP contribution in [0.15, 0.2) is 72.8 Å². The average molecular weight is 367 g/mol. The van der Waals surface area contributed by atoms with Gasteiger partial charge in [0.25, 0.3) is 0 Å². The third-order valence-corrected chi connectivity index (χ3v) is 10.0. The van der Waals surface area contributed by atoms with Crippen LogP contribution in [0.4, 0.5) is 17.1 Å². The zero-order valence-electron chi connectivity index (χ0n) is 12.5. The third kappa shape index (κ3) is 2.86. The molecule has 0 aliphatic heterocycles. The van der Waals surface area contributed by atoms with Crippen LogP contribution in [-0.2, 0) is 3.74 Å². The van der Waals surface area contributed by atoms with Crippen molar-refractivity contribution >= 4 is 43.6 Å². The van der Waals surface area contributed by atoms with Gasteiger partial charge in [0.15, 0.2) is 0 Å². The Hall–Kier alpha value is -2.58. The van der Waals surface area contributed by atoms with Gasteiger partial charge in [0.2, 0.25) is 0 Å². The van der Waals surface area contributed by atoms with E-state index in [1.165, 1.54) is 0 Å². The van der Waals surface area contributed by atoms with Gasteiger partial charge in [-0.2, -0.15) is 0 Å². The van der Waals surface area contributed by atoms with E-state index in [0.29, 0.717) is 17.1 Å². The standard InChI is InChI=1S/C18H18AsN3O/c20-16-7-1-4-13(10-16)19(23,14-5-2-8-17(21)11-14)15-6-3-9-18(22)12-15/h1-12H,20-22H2. The molecule has 116 valence electrons. The molecule has 0 atom stereocenters. The van der Waals surface area contributed by atoms with Crippen LogP contribution in [0.5, 0.6) is 0 Å². The summed E-state index contributed by atoms with van der Waals surface area (Å²) in [4.78, 5) is 0. The monoisotopic (exact) mass is 367 g/mol. The number of anilines is 3. The minimum absolute atomic E-state index is 0.580. The fraction of sp³-hybridized carbons (Fsp3) is 0. The molecule has 0 aliphatic rings. The molecule has 0 heterocycles. The van der Waals surface area contributed by atoms with Gasteiger partial charge in [0.1, 0.15) is 0 Å². The van der Waals surface area contributed by atoms with Crippen LogP contribution in [0.2, 0.25) is 0 Å². The fourth-order valence-electron chi connectivity index (χ4n) is 2.61. The summed E-state index contributed by atoms with van der Waals surface area (Å²) in [6, 6.07) is 21.7. The van der Waals surface area contributed by atoms with E-state index in [-0.39, 0.29) is 0 Å². The molecule has 0 amide bonds. The maximum atomic E-state index is 14.2. The quantitative estimate of drug-likeness (QED) is 0.472. The Kier molecular flexibility index (Phi) is 3.93. The fourth-order valence-corrected chi connectivity index (χ4v) is 8.43. The van der Waals surface area contributed by atoms with Crippen molar-refractivity contribution in [1.82, 2.24) is 0 Å². The van der Waals surface area contributed by atoms with Gasteiger partial charge < -0.3 is 0 Å². The summed E-state index contributed by atoms with van der Waals surface area (Å²) in [7, 11) is 0. The number of hydrogen-bond donors (Lipinski definition) is 3. The van der Waals surface area contributed by atoms with E-state index in [2.05, 4.69) is 0 Å². The first-order valence-electron chi connectivity index (χ1n) is 7.18. The Labute approximate surface area is 137 Å². The summed E-state index contributed by atoms with van der Waals surface area (Å²) in [5.74, 6) is 0. The van der Waals surface area contributed by atoms with Gasteiger partial charge in [0.05, 0.1) is 0 Å². The van der Waals surface area contributed by atoms with E-state index in [1.54, 1.807) is 36.4 Å². The summed E-state index contributed by atoms with van der Waals surface area (Å²) in [6.45, 7) is 0. The molecule has 6 N–H and O–H groups in total. The number of hydrogen-bond acceptors (Lipinski definition) is 4. The average Bonchev–Trinajstić information content (AvgIpc) is 2.54. The van der Waals surface area contributed by atoms with E-state index in [9.17, 15) is 3.74 Å². The second-order valence-corrected chi connectivity index (χ2v) is 11.2. The Balaban J connectivity index is 2.32. The van der Waals surface area contributed by atoms with Crippen molar-refractivity contribution in [3.63, 3.8) is 0 Å². The third-order valence-electron chi connectivity index (χ3n) is 3.70. The van der Waals surface area contributed by atoms with Crippen LogP contribution >= 0.6 is 0 Å². The molecule has 0 aromatic heterocycles. The van der Waals surface area contributed by atoms with Crippen molar-refractivity contribution in [3.8, 4) is 0 Å². The molecule has 23 heavy (non-hydrogen) atoms. The van der Waals surface area contributed by atoms with E-state index in [4.69, 9.17) is 17.2 Å². The normalized spacial score (nSPS) is 11.3. The second-order valence-electron chi connectivity index (χ2n) is 5.39. The van der Waals surface area contributed by atoms with E-state index < -0.39 is 13.5 Å². The van der Waals surface area contributed by atoms with Crippen LogP contribution in [0.3, 0.4) is 0 Å². The van der Waals surface area contributed by atoms with Crippen LogP contribution in [0, 0.1) is 0 Å². The Morgan fingerprint density at radius 3 is 1.13 bits per heavy atom. The predicted molar refractivity (Wildman–Crippen MR) is 97.9 cm³/mol. The van der Waals surface area contributed by atoms with Crippen LogP contribution in [-0.4, -0.2) is 13.5 Å². The maximum absolute atomic E-state index is 14.2. The second kappa shape index (κ2) is 5.90. The first-order chi connectivity index (χ1) is 11.0. The molecule has 0 radical (unpaired) electrons. The zero-order valence-corrected chi connectivity index (χ0v) is 14.4. The van der Waals surface area contributed by atoms with E-state index >= 15 is 0 Å². The van der Waals surface area contributed by atoms with Gasteiger partial charge in [-0.05, 0) is 0 Å². The molecule has 0 unspecified atom stereocenters. The zero-order chi connectivity index (χ0) is 16.4. The van der Waals surface area contributed by atoms with Crippen molar-refractivity contribution in [2.45, 2.75) is 0 Å². The molecule has 0 saturated carbocycles. The molecule has 0 spiro atoms. The van der Waals surface area contributed by atoms with Crippen LogP contribution in [0.25, 0.3) is 0 Å². The van der Waals surface area contributed by atoms with Gasteiger partial charge in [-0.3, -0.25) is 0 Å². The molecule has 0 saturated heterocycles. The molecule has 3 aromatic rings. The molecule has 4 nitrogen and oxygen atoms in total. The molecule has 0 aliphatic carbocycles. The first-order valence-corrected chi connectivity index (χ1v) is 10.8. The SMILES string of the molecule is Nc1cccc([As](=O)(c2cccc(N)c2)c2cccc(N)c2)c1. The first kappa shape index (κ1) is 15.3. The van der Waals surface area contributed by atoms with Gasteiger partial charge in [0, 0.05) is 0 Å².